The molecule has 1 aliphatic heterocycles. The van der Waals surface area contributed by atoms with Crippen molar-refractivity contribution in [3.05, 3.63) is 34.9 Å². The second-order valence-electron chi connectivity index (χ2n) is 5.71. The Morgan fingerprint density at radius 1 is 1.32 bits per heavy atom. The van der Waals surface area contributed by atoms with Gasteiger partial charge in [0, 0.05) is 37.4 Å². The van der Waals surface area contributed by atoms with Crippen LogP contribution in [0.1, 0.15) is 53.1 Å². The number of benzene rings is 1. The fourth-order valence-corrected chi connectivity index (χ4v) is 3.20. The summed E-state index contributed by atoms with van der Waals surface area (Å²) in [5.41, 5.74) is 3.01. The first-order valence-corrected chi connectivity index (χ1v) is 7.06. The summed E-state index contributed by atoms with van der Waals surface area (Å²) in [6.07, 6.45) is 3.22. The third-order valence-corrected chi connectivity index (χ3v) is 4.26. The van der Waals surface area contributed by atoms with Gasteiger partial charge in [0.2, 0.25) is 5.91 Å². The predicted molar refractivity (Wildman–Crippen MR) is 73.3 cm³/mol. The van der Waals surface area contributed by atoms with Gasteiger partial charge >= 0.3 is 0 Å². The molecule has 1 amide bonds. The van der Waals surface area contributed by atoms with Gasteiger partial charge in [-0.15, -0.1) is 0 Å². The van der Waals surface area contributed by atoms with Crippen LogP contribution in [0.3, 0.4) is 0 Å². The molecule has 1 aromatic rings. The molecule has 0 radical (unpaired) electrons. The number of hydrogen-bond donors (Lipinski definition) is 0. The van der Waals surface area contributed by atoms with E-state index in [0.717, 1.165) is 42.6 Å². The van der Waals surface area contributed by atoms with E-state index in [1.807, 2.05) is 30.0 Å². The Labute approximate surface area is 113 Å². The maximum Gasteiger partial charge on any atom is 0.223 e. The molecule has 1 aliphatic carbocycles. The third-order valence-electron chi connectivity index (χ3n) is 4.26. The van der Waals surface area contributed by atoms with Gasteiger partial charge in [-0.25, -0.2) is 0 Å². The summed E-state index contributed by atoms with van der Waals surface area (Å²) in [7, 11) is 0. The molecule has 1 aromatic carbocycles. The Morgan fingerprint density at radius 3 is 2.79 bits per heavy atom. The summed E-state index contributed by atoms with van der Waals surface area (Å²) in [4.78, 5) is 26.1. The first kappa shape index (κ1) is 12.4. The number of likely N-dealkylation sites (tertiary alicyclic amines) is 1. The summed E-state index contributed by atoms with van der Waals surface area (Å²) >= 11 is 0. The van der Waals surface area contributed by atoms with E-state index < -0.39 is 0 Å². The van der Waals surface area contributed by atoms with Gasteiger partial charge in [0.15, 0.2) is 5.78 Å². The molecule has 1 heterocycles. The van der Waals surface area contributed by atoms with Gasteiger partial charge in [0.1, 0.15) is 0 Å². The fraction of sp³-hybridized carbons (Fsp3) is 0.500. The first-order valence-electron chi connectivity index (χ1n) is 7.06. The predicted octanol–water partition coefficient (Wildman–Crippen LogP) is 2.68. The van der Waals surface area contributed by atoms with Crippen LogP contribution in [-0.2, 0) is 4.79 Å². The van der Waals surface area contributed by atoms with Gasteiger partial charge in [-0.1, -0.05) is 17.7 Å². The normalized spacial score (nSPS) is 21.8. The van der Waals surface area contributed by atoms with Gasteiger partial charge < -0.3 is 4.90 Å². The summed E-state index contributed by atoms with van der Waals surface area (Å²) in [6, 6.07) is 6.01. The molecule has 0 aromatic heterocycles. The van der Waals surface area contributed by atoms with Crippen LogP contribution < -0.4 is 0 Å². The van der Waals surface area contributed by atoms with Crippen LogP contribution in [0, 0.1) is 6.92 Å². The van der Waals surface area contributed by atoms with Crippen molar-refractivity contribution in [3.63, 3.8) is 0 Å². The molecular formula is C16H19NO2. The molecule has 3 nitrogen and oxygen atoms in total. The summed E-state index contributed by atoms with van der Waals surface area (Å²) in [6.45, 7) is 3.77. The maximum atomic E-state index is 12.2. The minimum Gasteiger partial charge on any atom is -0.343 e. The molecule has 1 fully saturated rings. The van der Waals surface area contributed by atoms with Crippen LogP contribution >= 0.6 is 0 Å². The van der Waals surface area contributed by atoms with E-state index in [4.69, 9.17) is 0 Å². The quantitative estimate of drug-likeness (QED) is 0.817. The van der Waals surface area contributed by atoms with Gasteiger partial charge in [-0.05, 0) is 31.4 Å². The van der Waals surface area contributed by atoms with Crippen molar-refractivity contribution in [2.75, 3.05) is 13.1 Å². The minimum atomic E-state index is 0.0937. The monoisotopic (exact) mass is 257 g/mol. The van der Waals surface area contributed by atoms with E-state index in [9.17, 15) is 9.59 Å². The van der Waals surface area contributed by atoms with E-state index >= 15 is 0 Å². The molecule has 1 saturated heterocycles. The number of amides is 1. The second-order valence-corrected chi connectivity index (χ2v) is 5.71. The number of carbonyl (C=O) groups is 2. The zero-order valence-corrected chi connectivity index (χ0v) is 11.3. The van der Waals surface area contributed by atoms with Crippen molar-refractivity contribution in [2.24, 2.45) is 0 Å². The first-order chi connectivity index (χ1) is 9.15. The Kier molecular flexibility index (Phi) is 3.13. The standard InChI is InChI=1S/C16H19NO2/c1-11-4-5-13-12(9-15(18)14(13)8-11)10-16(19)17-6-2-3-7-17/h4-5,8,12H,2-3,6-7,9-10H2,1H3. The number of hydrogen-bond acceptors (Lipinski definition) is 2. The molecular weight excluding hydrogens is 238 g/mol. The van der Waals surface area contributed by atoms with Crippen LogP contribution in [0.5, 0.6) is 0 Å². The number of fused-ring (bicyclic) bond motifs is 1. The molecule has 0 N–H and O–H groups in total. The van der Waals surface area contributed by atoms with Crippen molar-refractivity contribution in [2.45, 2.75) is 38.5 Å². The van der Waals surface area contributed by atoms with Crippen molar-refractivity contribution in [1.29, 1.82) is 0 Å². The maximum absolute atomic E-state index is 12.2. The highest BCUT2D eigenvalue weighted by molar-refractivity contribution is 6.02. The topological polar surface area (TPSA) is 37.4 Å². The highest BCUT2D eigenvalue weighted by Crippen LogP contribution is 2.36. The second kappa shape index (κ2) is 4.80. The van der Waals surface area contributed by atoms with Crippen molar-refractivity contribution in [3.8, 4) is 0 Å². The molecule has 100 valence electrons. The van der Waals surface area contributed by atoms with E-state index in [1.165, 1.54) is 0 Å². The number of ketones is 1. The number of Topliss-reactive ketones (excluding diaryl/α,β-unsaturated/α-hetero) is 1. The van der Waals surface area contributed by atoms with Crippen LogP contribution in [0.4, 0.5) is 0 Å². The van der Waals surface area contributed by atoms with Crippen LogP contribution in [-0.4, -0.2) is 29.7 Å². The van der Waals surface area contributed by atoms with Crippen molar-refractivity contribution >= 4 is 11.7 Å². The summed E-state index contributed by atoms with van der Waals surface area (Å²) in [5.74, 6) is 0.498. The van der Waals surface area contributed by atoms with Crippen molar-refractivity contribution < 1.29 is 9.59 Å². The lowest BCUT2D eigenvalue weighted by atomic mass is 9.96. The van der Waals surface area contributed by atoms with Crippen LogP contribution in [0.25, 0.3) is 0 Å². The third kappa shape index (κ3) is 2.29. The summed E-state index contributed by atoms with van der Waals surface area (Å²) in [5, 5.41) is 0. The molecule has 19 heavy (non-hydrogen) atoms. The van der Waals surface area contributed by atoms with E-state index in [-0.39, 0.29) is 17.6 Å². The molecule has 0 bridgehead atoms. The summed E-state index contributed by atoms with van der Waals surface area (Å²) < 4.78 is 0. The van der Waals surface area contributed by atoms with Crippen LogP contribution in [0.2, 0.25) is 0 Å². The number of carbonyl (C=O) groups excluding carboxylic acids is 2. The van der Waals surface area contributed by atoms with E-state index in [0.29, 0.717) is 12.8 Å². The van der Waals surface area contributed by atoms with E-state index in [2.05, 4.69) is 0 Å². The zero-order chi connectivity index (χ0) is 13.4. The minimum absolute atomic E-state index is 0.0937. The van der Waals surface area contributed by atoms with Gasteiger partial charge in [0.05, 0.1) is 0 Å². The van der Waals surface area contributed by atoms with Gasteiger partial charge in [0.25, 0.3) is 0 Å². The smallest absolute Gasteiger partial charge is 0.223 e. The Bertz CT molecular complexity index is 530. The molecule has 3 rings (SSSR count). The van der Waals surface area contributed by atoms with Crippen LogP contribution in [0.15, 0.2) is 18.2 Å². The zero-order valence-electron chi connectivity index (χ0n) is 11.3. The average molecular weight is 257 g/mol. The molecule has 0 saturated carbocycles. The molecule has 0 spiro atoms. The largest absolute Gasteiger partial charge is 0.343 e. The highest BCUT2D eigenvalue weighted by Gasteiger charge is 2.32. The Hall–Kier alpha value is -1.64. The average Bonchev–Trinajstić information content (AvgIpc) is 2.99. The number of nitrogens with zero attached hydrogens (tertiary/aromatic N) is 1. The van der Waals surface area contributed by atoms with Gasteiger partial charge in [-0.3, -0.25) is 9.59 Å². The van der Waals surface area contributed by atoms with Crippen molar-refractivity contribution in [1.82, 2.24) is 4.90 Å². The molecule has 3 heteroatoms. The lowest BCUT2D eigenvalue weighted by Gasteiger charge is -2.18. The molecule has 2 aliphatic rings. The number of aryl methyl sites for hydroxylation is 1. The van der Waals surface area contributed by atoms with Gasteiger partial charge in [-0.2, -0.15) is 0 Å². The fourth-order valence-electron chi connectivity index (χ4n) is 3.20. The lowest BCUT2D eigenvalue weighted by molar-refractivity contribution is -0.130. The number of rotatable bonds is 2. The SMILES string of the molecule is Cc1ccc2c(c1)C(=O)CC2CC(=O)N1CCCC1. The molecule has 1 unspecified atom stereocenters. The highest BCUT2D eigenvalue weighted by atomic mass is 16.2. The van der Waals surface area contributed by atoms with E-state index in [1.54, 1.807) is 0 Å². The Morgan fingerprint density at radius 2 is 2.05 bits per heavy atom. The lowest BCUT2D eigenvalue weighted by Crippen LogP contribution is -2.28. The molecule has 1 atom stereocenters. The Balaban J connectivity index is 1.77.